The number of rotatable bonds is 5. The van der Waals surface area contributed by atoms with Crippen LogP contribution in [0.25, 0.3) is 0 Å². The van der Waals surface area contributed by atoms with E-state index in [1.54, 1.807) is 12.1 Å². The lowest BCUT2D eigenvalue weighted by Crippen LogP contribution is -2.35. The maximum atomic E-state index is 12.1. The maximum Gasteiger partial charge on any atom is 0.253 e. The van der Waals surface area contributed by atoms with Gasteiger partial charge in [0.05, 0.1) is 5.56 Å². The molecule has 19 heavy (non-hydrogen) atoms. The molecule has 0 heterocycles. The van der Waals surface area contributed by atoms with E-state index in [4.69, 9.17) is 5.73 Å². The van der Waals surface area contributed by atoms with Crippen LogP contribution in [0, 0.1) is 5.92 Å². The molecule has 1 aromatic rings. The van der Waals surface area contributed by atoms with Gasteiger partial charge in [-0.3, -0.25) is 4.79 Å². The van der Waals surface area contributed by atoms with Gasteiger partial charge in [0.1, 0.15) is 0 Å². The molecule has 1 amide bonds. The number of hydrogen-bond acceptors (Lipinski definition) is 3. The van der Waals surface area contributed by atoms with Crippen molar-refractivity contribution in [2.45, 2.75) is 39.2 Å². The molecule has 4 N–H and O–H groups in total. The van der Waals surface area contributed by atoms with Crippen LogP contribution in [0.1, 0.15) is 44.0 Å². The molecule has 1 aromatic carbocycles. The molecule has 4 heteroatoms. The molecule has 0 saturated heterocycles. The summed E-state index contributed by atoms with van der Waals surface area (Å²) >= 11 is 0. The van der Waals surface area contributed by atoms with Gasteiger partial charge in [-0.05, 0) is 57.7 Å². The smallest absolute Gasteiger partial charge is 0.253 e. The highest BCUT2D eigenvalue weighted by molar-refractivity contribution is 6.00. The lowest BCUT2D eigenvalue weighted by molar-refractivity contribution is 0.0956. The van der Waals surface area contributed by atoms with Crippen molar-refractivity contribution in [1.82, 2.24) is 5.32 Å². The Morgan fingerprint density at radius 3 is 2.68 bits per heavy atom. The van der Waals surface area contributed by atoms with Gasteiger partial charge in [0.25, 0.3) is 5.91 Å². The number of nitrogens with two attached hydrogens (primary N) is 1. The largest absolute Gasteiger partial charge is 0.399 e. The van der Waals surface area contributed by atoms with Crippen molar-refractivity contribution in [3.05, 3.63) is 23.8 Å². The highest BCUT2D eigenvalue weighted by atomic mass is 16.1. The molecule has 0 aliphatic heterocycles. The highest BCUT2D eigenvalue weighted by Crippen LogP contribution is 2.41. The maximum absolute atomic E-state index is 12.1. The quantitative estimate of drug-likeness (QED) is 0.714. The third-order valence-corrected chi connectivity index (χ3v) is 3.68. The molecule has 0 unspecified atom stereocenters. The Hall–Kier alpha value is -1.71. The Bertz CT molecular complexity index is 478. The molecular weight excluding hydrogens is 238 g/mol. The number of hydrogen-bond donors (Lipinski definition) is 3. The fourth-order valence-electron chi connectivity index (χ4n) is 2.37. The molecule has 104 valence electrons. The SMILES string of the molecule is CCNC(=O)c1ccc(N)cc1NC(C)(C)C1CC1. The van der Waals surface area contributed by atoms with Crippen LogP contribution in [0.2, 0.25) is 0 Å². The highest BCUT2D eigenvalue weighted by Gasteiger charge is 2.38. The summed E-state index contributed by atoms with van der Waals surface area (Å²) < 4.78 is 0. The molecule has 0 atom stereocenters. The minimum absolute atomic E-state index is 0.00492. The molecule has 0 bridgehead atoms. The van der Waals surface area contributed by atoms with Gasteiger partial charge in [0, 0.05) is 23.5 Å². The summed E-state index contributed by atoms with van der Waals surface area (Å²) in [6.07, 6.45) is 2.50. The molecule has 2 rings (SSSR count). The second kappa shape index (κ2) is 5.11. The molecule has 4 nitrogen and oxygen atoms in total. The summed E-state index contributed by atoms with van der Waals surface area (Å²) in [5, 5.41) is 6.32. The first kappa shape index (κ1) is 13.7. The third kappa shape index (κ3) is 3.19. The number of nitrogens with one attached hydrogen (secondary N) is 2. The van der Waals surface area contributed by atoms with Crippen LogP contribution in [0.5, 0.6) is 0 Å². The predicted molar refractivity (Wildman–Crippen MR) is 79.3 cm³/mol. The zero-order valence-electron chi connectivity index (χ0n) is 11.9. The van der Waals surface area contributed by atoms with Gasteiger partial charge in [0.15, 0.2) is 0 Å². The zero-order chi connectivity index (χ0) is 14.0. The van der Waals surface area contributed by atoms with E-state index in [9.17, 15) is 4.79 Å². The fraction of sp³-hybridized carbons (Fsp3) is 0.533. The normalized spacial score (nSPS) is 15.1. The Labute approximate surface area is 114 Å². The first-order valence-corrected chi connectivity index (χ1v) is 6.90. The van der Waals surface area contributed by atoms with Crippen molar-refractivity contribution in [1.29, 1.82) is 0 Å². The average Bonchev–Trinajstić information content (AvgIpc) is 3.12. The lowest BCUT2D eigenvalue weighted by atomic mass is 9.97. The Morgan fingerprint density at radius 2 is 2.11 bits per heavy atom. The minimum atomic E-state index is -0.0587. The van der Waals surface area contributed by atoms with Gasteiger partial charge in [0.2, 0.25) is 0 Å². The second-order valence-electron chi connectivity index (χ2n) is 5.79. The van der Waals surface area contributed by atoms with Crippen LogP contribution in [0.3, 0.4) is 0 Å². The van der Waals surface area contributed by atoms with Crippen LogP contribution in [-0.4, -0.2) is 18.0 Å². The van der Waals surface area contributed by atoms with Crippen molar-refractivity contribution < 1.29 is 4.79 Å². The number of anilines is 2. The first-order valence-electron chi connectivity index (χ1n) is 6.90. The molecule has 0 spiro atoms. The van der Waals surface area contributed by atoms with Gasteiger partial charge < -0.3 is 16.4 Å². The van der Waals surface area contributed by atoms with Crippen LogP contribution in [0.4, 0.5) is 11.4 Å². The van der Waals surface area contributed by atoms with Crippen molar-refractivity contribution >= 4 is 17.3 Å². The molecule has 0 aromatic heterocycles. The molecular formula is C15H23N3O. The second-order valence-corrected chi connectivity index (χ2v) is 5.79. The number of amides is 1. The summed E-state index contributed by atoms with van der Waals surface area (Å²) in [7, 11) is 0. The summed E-state index contributed by atoms with van der Waals surface area (Å²) in [5.41, 5.74) is 7.98. The topological polar surface area (TPSA) is 67.2 Å². The van der Waals surface area contributed by atoms with Crippen LogP contribution < -0.4 is 16.4 Å². The number of carbonyl (C=O) groups excluding carboxylic acids is 1. The van der Waals surface area contributed by atoms with Gasteiger partial charge in [-0.1, -0.05) is 0 Å². The molecule has 1 aliphatic rings. The molecule has 1 fully saturated rings. The first-order chi connectivity index (χ1) is 8.94. The monoisotopic (exact) mass is 261 g/mol. The van der Waals surface area contributed by atoms with E-state index in [-0.39, 0.29) is 11.4 Å². The molecule has 1 saturated carbocycles. The van der Waals surface area contributed by atoms with Crippen molar-refractivity contribution in [3.63, 3.8) is 0 Å². The van der Waals surface area contributed by atoms with E-state index < -0.39 is 0 Å². The van der Waals surface area contributed by atoms with E-state index in [0.29, 0.717) is 23.7 Å². The van der Waals surface area contributed by atoms with Crippen molar-refractivity contribution in [2.75, 3.05) is 17.6 Å². The Kier molecular flexibility index (Phi) is 3.69. The summed E-state index contributed by atoms with van der Waals surface area (Å²) in [6.45, 7) is 6.88. The van der Waals surface area contributed by atoms with Gasteiger partial charge in [-0.2, -0.15) is 0 Å². The Morgan fingerprint density at radius 1 is 1.42 bits per heavy atom. The van der Waals surface area contributed by atoms with Crippen LogP contribution in [-0.2, 0) is 0 Å². The van der Waals surface area contributed by atoms with E-state index in [1.807, 2.05) is 13.0 Å². The third-order valence-electron chi connectivity index (χ3n) is 3.68. The van der Waals surface area contributed by atoms with Gasteiger partial charge >= 0.3 is 0 Å². The zero-order valence-corrected chi connectivity index (χ0v) is 11.9. The summed E-state index contributed by atoms with van der Waals surface area (Å²) in [6, 6.07) is 5.39. The predicted octanol–water partition coefficient (Wildman–Crippen LogP) is 2.62. The van der Waals surface area contributed by atoms with Crippen molar-refractivity contribution in [2.24, 2.45) is 5.92 Å². The summed E-state index contributed by atoms with van der Waals surface area (Å²) in [4.78, 5) is 12.1. The molecule has 0 radical (unpaired) electrons. The fourth-order valence-corrected chi connectivity index (χ4v) is 2.37. The number of nitrogen functional groups attached to an aromatic ring is 1. The Balaban J connectivity index is 2.26. The number of carbonyl (C=O) groups is 1. The van der Waals surface area contributed by atoms with Crippen LogP contribution in [0.15, 0.2) is 18.2 Å². The van der Waals surface area contributed by atoms with Gasteiger partial charge in [-0.15, -0.1) is 0 Å². The van der Waals surface area contributed by atoms with E-state index in [0.717, 1.165) is 5.69 Å². The van der Waals surface area contributed by atoms with E-state index in [2.05, 4.69) is 24.5 Å². The van der Waals surface area contributed by atoms with Crippen LogP contribution >= 0.6 is 0 Å². The van der Waals surface area contributed by atoms with Crippen molar-refractivity contribution in [3.8, 4) is 0 Å². The van der Waals surface area contributed by atoms with E-state index >= 15 is 0 Å². The minimum Gasteiger partial charge on any atom is -0.399 e. The average molecular weight is 261 g/mol. The summed E-state index contributed by atoms with van der Waals surface area (Å²) in [5.74, 6) is 0.618. The van der Waals surface area contributed by atoms with E-state index in [1.165, 1.54) is 12.8 Å². The number of benzene rings is 1. The van der Waals surface area contributed by atoms with Gasteiger partial charge in [-0.25, -0.2) is 0 Å². The molecule has 1 aliphatic carbocycles. The standard InChI is InChI=1S/C15H23N3O/c1-4-17-14(19)12-8-7-11(16)9-13(12)18-15(2,3)10-5-6-10/h7-10,18H,4-6,16H2,1-3H3,(H,17,19). The lowest BCUT2D eigenvalue weighted by Gasteiger charge is -2.29.